The third kappa shape index (κ3) is 3.85. The first kappa shape index (κ1) is 14.2. The zero-order valence-electron chi connectivity index (χ0n) is 12.2. The van der Waals surface area contributed by atoms with Crippen LogP contribution in [0.3, 0.4) is 0 Å². The summed E-state index contributed by atoms with van der Waals surface area (Å²) in [5.41, 5.74) is 1.26. The number of ether oxygens (including phenoxy) is 1. The highest BCUT2D eigenvalue weighted by Gasteiger charge is 2.21. The average molecular weight is 263 g/mol. The van der Waals surface area contributed by atoms with E-state index in [1.807, 2.05) is 6.07 Å². The highest BCUT2D eigenvalue weighted by Crippen LogP contribution is 2.23. The first-order chi connectivity index (χ1) is 9.20. The van der Waals surface area contributed by atoms with Crippen LogP contribution in [0, 0.1) is 0 Å². The van der Waals surface area contributed by atoms with Crippen molar-refractivity contribution in [3.8, 4) is 5.75 Å². The summed E-state index contributed by atoms with van der Waals surface area (Å²) in [6.07, 6.45) is 1.18. The van der Waals surface area contributed by atoms with E-state index in [-0.39, 0.29) is 0 Å². The van der Waals surface area contributed by atoms with Gasteiger partial charge in [0.2, 0.25) is 0 Å². The maximum Gasteiger partial charge on any atom is 0.120 e. The van der Waals surface area contributed by atoms with Gasteiger partial charge in [-0.1, -0.05) is 6.07 Å². The van der Waals surface area contributed by atoms with Crippen LogP contribution in [0.15, 0.2) is 24.3 Å². The van der Waals surface area contributed by atoms with E-state index in [9.17, 15) is 0 Å². The van der Waals surface area contributed by atoms with E-state index in [1.54, 1.807) is 7.11 Å². The predicted molar refractivity (Wildman–Crippen MR) is 80.2 cm³/mol. The lowest BCUT2D eigenvalue weighted by Gasteiger charge is -2.33. The number of nitrogens with one attached hydrogen (secondary N) is 1. The highest BCUT2D eigenvalue weighted by molar-refractivity contribution is 5.52. The fourth-order valence-corrected chi connectivity index (χ4v) is 2.65. The van der Waals surface area contributed by atoms with Crippen LogP contribution in [0.1, 0.15) is 6.42 Å². The van der Waals surface area contributed by atoms with Crippen LogP contribution >= 0.6 is 0 Å². The Morgan fingerprint density at radius 3 is 3.00 bits per heavy atom. The molecule has 0 spiro atoms. The third-order valence-electron chi connectivity index (χ3n) is 3.53. The third-order valence-corrected chi connectivity index (χ3v) is 3.53. The molecular weight excluding hydrogens is 238 g/mol. The lowest BCUT2D eigenvalue weighted by molar-refractivity contribution is 0.361. The van der Waals surface area contributed by atoms with Crippen molar-refractivity contribution >= 4 is 5.69 Å². The Hall–Kier alpha value is -1.26. The van der Waals surface area contributed by atoms with E-state index in [0.717, 1.165) is 31.9 Å². The van der Waals surface area contributed by atoms with E-state index >= 15 is 0 Å². The molecule has 106 valence electrons. The Kier molecular flexibility index (Phi) is 5.05. The quantitative estimate of drug-likeness (QED) is 0.889. The summed E-state index contributed by atoms with van der Waals surface area (Å²) in [6.45, 7) is 4.29. The number of nitrogens with zero attached hydrogens (tertiary/aromatic N) is 2. The van der Waals surface area contributed by atoms with Gasteiger partial charge < -0.3 is 19.9 Å². The number of hydrogen-bond donors (Lipinski definition) is 1. The molecular formula is C15H25N3O. The van der Waals surface area contributed by atoms with Crippen molar-refractivity contribution in [1.29, 1.82) is 0 Å². The zero-order chi connectivity index (χ0) is 13.7. The second-order valence-corrected chi connectivity index (χ2v) is 5.37. The second kappa shape index (κ2) is 6.78. The van der Waals surface area contributed by atoms with Gasteiger partial charge in [-0.25, -0.2) is 0 Å². The highest BCUT2D eigenvalue weighted by atomic mass is 16.5. The second-order valence-electron chi connectivity index (χ2n) is 5.37. The Labute approximate surface area is 116 Å². The molecule has 0 amide bonds. The molecule has 1 aromatic rings. The largest absolute Gasteiger partial charge is 0.497 e. The molecule has 19 heavy (non-hydrogen) atoms. The number of hydrogen-bond acceptors (Lipinski definition) is 4. The molecule has 1 N–H and O–H groups in total. The fourth-order valence-electron chi connectivity index (χ4n) is 2.65. The van der Waals surface area contributed by atoms with Gasteiger partial charge in [0, 0.05) is 31.4 Å². The number of anilines is 1. The lowest BCUT2D eigenvalue weighted by atomic mass is 10.2. The Balaban J connectivity index is 2.20. The molecule has 1 aliphatic rings. The van der Waals surface area contributed by atoms with Gasteiger partial charge in [0.05, 0.1) is 13.2 Å². The summed E-state index contributed by atoms with van der Waals surface area (Å²) >= 11 is 0. The first-order valence-electron chi connectivity index (χ1n) is 6.97. The van der Waals surface area contributed by atoms with E-state index in [0.29, 0.717) is 6.04 Å². The Morgan fingerprint density at radius 2 is 2.26 bits per heavy atom. The van der Waals surface area contributed by atoms with Crippen LogP contribution in [0.25, 0.3) is 0 Å². The van der Waals surface area contributed by atoms with Gasteiger partial charge in [-0.2, -0.15) is 0 Å². The van der Waals surface area contributed by atoms with Gasteiger partial charge >= 0.3 is 0 Å². The maximum atomic E-state index is 5.34. The molecule has 1 unspecified atom stereocenters. The number of methoxy groups -OCH3 is 1. The number of benzene rings is 1. The summed E-state index contributed by atoms with van der Waals surface area (Å²) in [5, 5.41) is 3.53. The van der Waals surface area contributed by atoms with Gasteiger partial charge in [-0.05, 0) is 39.2 Å². The molecule has 0 saturated carbocycles. The zero-order valence-corrected chi connectivity index (χ0v) is 12.2. The van der Waals surface area contributed by atoms with Gasteiger partial charge in [-0.3, -0.25) is 0 Å². The summed E-state index contributed by atoms with van der Waals surface area (Å²) in [7, 11) is 5.99. The van der Waals surface area contributed by atoms with Gasteiger partial charge in [0.15, 0.2) is 0 Å². The van der Waals surface area contributed by atoms with Crippen LogP contribution < -0.4 is 15.0 Å². The normalized spacial score (nSPS) is 20.4. The van der Waals surface area contributed by atoms with Crippen LogP contribution in [-0.4, -0.2) is 58.3 Å². The van der Waals surface area contributed by atoms with Gasteiger partial charge in [-0.15, -0.1) is 0 Å². The van der Waals surface area contributed by atoms with Crippen molar-refractivity contribution in [2.45, 2.75) is 12.5 Å². The van der Waals surface area contributed by atoms with Crippen molar-refractivity contribution in [2.24, 2.45) is 0 Å². The summed E-state index contributed by atoms with van der Waals surface area (Å²) in [6, 6.07) is 8.88. The minimum atomic E-state index is 0.504. The number of rotatable bonds is 4. The van der Waals surface area contributed by atoms with Crippen molar-refractivity contribution in [1.82, 2.24) is 10.2 Å². The van der Waals surface area contributed by atoms with Crippen molar-refractivity contribution in [2.75, 3.05) is 52.3 Å². The molecule has 0 aromatic heterocycles. The molecule has 1 saturated heterocycles. The smallest absolute Gasteiger partial charge is 0.120 e. The summed E-state index contributed by atoms with van der Waals surface area (Å²) < 4.78 is 5.34. The van der Waals surface area contributed by atoms with E-state index in [4.69, 9.17) is 4.74 Å². The molecule has 2 rings (SSSR count). The van der Waals surface area contributed by atoms with Gasteiger partial charge in [0.1, 0.15) is 5.75 Å². The monoisotopic (exact) mass is 263 g/mol. The molecule has 1 fully saturated rings. The van der Waals surface area contributed by atoms with E-state index in [2.05, 4.69) is 47.4 Å². The first-order valence-corrected chi connectivity index (χ1v) is 6.97. The summed E-state index contributed by atoms with van der Waals surface area (Å²) in [4.78, 5) is 4.76. The molecule has 0 radical (unpaired) electrons. The minimum absolute atomic E-state index is 0.504. The minimum Gasteiger partial charge on any atom is -0.497 e. The SMILES string of the molecule is COc1cccc(N2CCCNCC2CN(C)C)c1. The topological polar surface area (TPSA) is 27.7 Å². The van der Waals surface area contributed by atoms with Crippen LogP contribution in [0.4, 0.5) is 5.69 Å². The maximum absolute atomic E-state index is 5.34. The molecule has 1 heterocycles. The molecule has 4 heteroatoms. The molecule has 0 bridgehead atoms. The molecule has 1 atom stereocenters. The Morgan fingerprint density at radius 1 is 1.42 bits per heavy atom. The number of likely N-dealkylation sites (N-methyl/N-ethyl adjacent to an activating group) is 1. The van der Waals surface area contributed by atoms with Crippen molar-refractivity contribution < 1.29 is 4.74 Å². The fraction of sp³-hybridized carbons (Fsp3) is 0.600. The van der Waals surface area contributed by atoms with Crippen LogP contribution in [0.2, 0.25) is 0 Å². The van der Waals surface area contributed by atoms with E-state index < -0.39 is 0 Å². The molecule has 1 aliphatic heterocycles. The van der Waals surface area contributed by atoms with Crippen molar-refractivity contribution in [3.05, 3.63) is 24.3 Å². The molecule has 1 aromatic carbocycles. The summed E-state index contributed by atoms with van der Waals surface area (Å²) in [5.74, 6) is 0.929. The molecule has 4 nitrogen and oxygen atoms in total. The average Bonchev–Trinajstić information content (AvgIpc) is 2.63. The van der Waals surface area contributed by atoms with Crippen LogP contribution in [-0.2, 0) is 0 Å². The lowest BCUT2D eigenvalue weighted by Crippen LogP contribution is -2.46. The van der Waals surface area contributed by atoms with Crippen LogP contribution in [0.5, 0.6) is 5.75 Å². The standard InChI is InChI=1S/C15H25N3O/c1-17(2)12-14-11-16-8-5-9-18(14)13-6-4-7-15(10-13)19-3/h4,6-7,10,14,16H,5,8-9,11-12H2,1-3H3. The van der Waals surface area contributed by atoms with E-state index in [1.165, 1.54) is 12.1 Å². The predicted octanol–water partition coefficient (Wildman–Crippen LogP) is 1.43. The molecule has 0 aliphatic carbocycles. The van der Waals surface area contributed by atoms with Gasteiger partial charge in [0.25, 0.3) is 0 Å². The van der Waals surface area contributed by atoms with Crippen molar-refractivity contribution in [3.63, 3.8) is 0 Å². The Bertz CT molecular complexity index is 395.